The molecule has 4 N–H and O–H groups in total. The van der Waals surface area contributed by atoms with Crippen LogP contribution in [0.15, 0.2) is 5.16 Å². The molecule has 0 rings (SSSR count). The maximum absolute atomic E-state index is 12.1. The van der Waals surface area contributed by atoms with E-state index in [1.54, 1.807) is 7.11 Å². The van der Waals surface area contributed by atoms with Crippen LogP contribution >= 0.6 is 0 Å². The Labute approximate surface area is 109 Å². The molecule has 0 spiro atoms. The number of hydrogen-bond acceptors (Lipinski definition) is 4. The monoisotopic (exact) mass is 259 g/mol. The summed E-state index contributed by atoms with van der Waals surface area (Å²) < 4.78 is 5.06. The van der Waals surface area contributed by atoms with Gasteiger partial charge in [-0.2, -0.15) is 0 Å². The number of carbonyl (C=O) groups is 1. The van der Waals surface area contributed by atoms with Crippen LogP contribution in [0.5, 0.6) is 0 Å². The molecule has 0 saturated carbocycles. The van der Waals surface area contributed by atoms with Crippen molar-refractivity contribution < 1.29 is 14.7 Å². The Balaban J connectivity index is 4.67. The van der Waals surface area contributed by atoms with Crippen LogP contribution in [0.1, 0.15) is 33.6 Å². The topological polar surface area (TPSA) is 96.9 Å². The van der Waals surface area contributed by atoms with Crippen molar-refractivity contribution in [2.75, 3.05) is 13.7 Å². The fourth-order valence-electron chi connectivity index (χ4n) is 1.88. The van der Waals surface area contributed by atoms with Gasteiger partial charge in [-0.3, -0.25) is 4.79 Å². The lowest BCUT2D eigenvalue weighted by Crippen LogP contribution is -2.47. The van der Waals surface area contributed by atoms with E-state index >= 15 is 0 Å². The molecule has 0 radical (unpaired) electrons. The molecule has 2 unspecified atom stereocenters. The third-order valence-electron chi connectivity index (χ3n) is 2.73. The van der Waals surface area contributed by atoms with Gasteiger partial charge in [-0.15, -0.1) is 0 Å². The first kappa shape index (κ1) is 16.7. The average Bonchev–Trinajstić information content (AvgIpc) is 2.29. The number of nitrogens with zero attached hydrogens (tertiary/aromatic N) is 1. The highest BCUT2D eigenvalue weighted by molar-refractivity contribution is 6.02. The summed E-state index contributed by atoms with van der Waals surface area (Å²) in [5, 5.41) is 14.5. The number of nitrogens with one attached hydrogen (secondary N) is 1. The number of amides is 1. The SMILES string of the molecule is CCCC(COC)NC(=O)C(C(N)=NO)C(C)C. The molecule has 0 saturated heterocycles. The molecule has 0 heterocycles. The van der Waals surface area contributed by atoms with Gasteiger partial charge in [0.1, 0.15) is 5.92 Å². The zero-order valence-corrected chi connectivity index (χ0v) is 11.6. The Kier molecular flexibility index (Phi) is 8.11. The number of hydrogen-bond donors (Lipinski definition) is 3. The van der Waals surface area contributed by atoms with Crippen LogP contribution in [0.3, 0.4) is 0 Å². The molecule has 6 heteroatoms. The maximum Gasteiger partial charge on any atom is 0.231 e. The third kappa shape index (κ3) is 5.35. The van der Waals surface area contributed by atoms with Crippen LogP contribution in [-0.2, 0) is 9.53 Å². The van der Waals surface area contributed by atoms with Gasteiger partial charge in [-0.05, 0) is 12.3 Å². The van der Waals surface area contributed by atoms with Crippen LogP contribution in [0, 0.1) is 11.8 Å². The van der Waals surface area contributed by atoms with Gasteiger partial charge in [0.2, 0.25) is 5.91 Å². The number of methoxy groups -OCH3 is 1. The summed E-state index contributed by atoms with van der Waals surface area (Å²) >= 11 is 0. The van der Waals surface area contributed by atoms with Gasteiger partial charge in [0.05, 0.1) is 12.6 Å². The zero-order chi connectivity index (χ0) is 14.1. The number of oxime groups is 1. The van der Waals surface area contributed by atoms with Gasteiger partial charge >= 0.3 is 0 Å². The number of amidine groups is 1. The molecule has 6 nitrogen and oxygen atoms in total. The van der Waals surface area contributed by atoms with Crippen molar-refractivity contribution >= 4 is 11.7 Å². The number of ether oxygens (including phenoxy) is 1. The van der Waals surface area contributed by atoms with Crippen molar-refractivity contribution in [2.24, 2.45) is 22.7 Å². The highest BCUT2D eigenvalue weighted by atomic mass is 16.5. The minimum atomic E-state index is -0.619. The van der Waals surface area contributed by atoms with E-state index in [4.69, 9.17) is 15.7 Å². The van der Waals surface area contributed by atoms with Gasteiger partial charge in [-0.25, -0.2) is 0 Å². The molecule has 18 heavy (non-hydrogen) atoms. The predicted octanol–water partition coefficient (Wildman–Crippen LogP) is 0.936. The summed E-state index contributed by atoms with van der Waals surface area (Å²) in [5.41, 5.74) is 5.55. The minimum absolute atomic E-state index is 0.0364. The molecule has 0 aliphatic carbocycles. The lowest BCUT2D eigenvalue weighted by Gasteiger charge is -2.23. The molecule has 0 fully saturated rings. The first-order valence-electron chi connectivity index (χ1n) is 6.24. The number of nitrogens with two attached hydrogens (primary N) is 1. The normalized spacial score (nSPS) is 15.5. The van der Waals surface area contributed by atoms with E-state index < -0.39 is 5.92 Å². The first-order valence-corrected chi connectivity index (χ1v) is 6.24. The second-order valence-electron chi connectivity index (χ2n) is 4.70. The van der Waals surface area contributed by atoms with Gasteiger partial charge in [0.15, 0.2) is 5.84 Å². The Morgan fingerprint density at radius 2 is 2.11 bits per heavy atom. The van der Waals surface area contributed by atoms with E-state index in [1.807, 2.05) is 20.8 Å². The maximum atomic E-state index is 12.1. The molecule has 0 aromatic rings. The highest BCUT2D eigenvalue weighted by Crippen LogP contribution is 2.12. The molecule has 106 valence electrons. The Hall–Kier alpha value is -1.30. The standard InChI is InChI=1S/C12H25N3O3/c1-5-6-9(7-18-4)14-12(16)10(8(2)3)11(13)15-17/h8-10,17H,5-7H2,1-4H3,(H2,13,15)(H,14,16). The quantitative estimate of drug-likeness (QED) is 0.261. The Morgan fingerprint density at radius 3 is 2.50 bits per heavy atom. The minimum Gasteiger partial charge on any atom is -0.409 e. The fourth-order valence-corrected chi connectivity index (χ4v) is 1.88. The van der Waals surface area contributed by atoms with Crippen molar-refractivity contribution in [3.05, 3.63) is 0 Å². The van der Waals surface area contributed by atoms with Crippen molar-refractivity contribution in [1.29, 1.82) is 0 Å². The number of rotatable bonds is 8. The average molecular weight is 259 g/mol. The summed E-state index contributed by atoms with van der Waals surface area (Å²) in [4.78, 5) is 12.1. The van der Waals surface area contributed by atoms with Crippen molar-refractivity contribution in [3.8, 4) is 0 Å². The first-order chi connectivity index (χ1) is 8.47. The van der Waals surface area contributed by atoms with Crippen LogP contribution in [0.25, 0.3) is 0 Å². The summed E-state index contributed by atoms with van der Waals surface area (Å²) in [6.07, 6.45) is 1.78. The van der Waals surface area contributed by atoms with Crippen molar-refractivity contribution in [1.82, 2.24) is 5.32 Å². The molecular weight excluding hydrogens is 234 g/mol. The summed E-state index contributed by atoms with van der Waals surface area (Å²) in [6, 6.07) is -0.0414. The summed E-state index contributed by atoms with van der Waals surface area (Å²) in [5.74, 6) is -0.942. The largest absolute Gasteiger partial charge is 0.409 e. The van der Waals surface area contributed by atoms with Crippen LogP contribution in [0.2, 0.25) is 0 Å². The van der Waals surface area contributed by atoms with Crippen LogP contribution in [0.4, 0.5) is 0 Å². The lowest BCUT2D eigenvalue weighted by molar-refractivity contribution is -0.125. The van der Waals surface area contributed by atoms with Crippen molar-refractivity contribution in [3.63, 3.8) is 0 Å². The van der Waals surface area contributed by atoms with E-state index in [0.29, 0.717) is 6.61 Å². The summed E-state index contributed by atoms with van der Waals surface area (Å²) in [7, 11) is 1.60. The van der Waals surface area contributed by atoms with Crippen molar-refractivity contribution in [2.45, 2.75) is 39.7 Å². The van der Waals surface area contributed by atoms with E-state index in [1.165, 1.54) is 0 Å². The molecule has 2 atom stereocenters. The van der Waals surface area contributed by atoms with Crippen LogP contribution in [-0.4, -0.2) is 36.7 Å². The smallest absolute Gasteiger partial charge is 0.231 e. The Morgan fingerprint density at radius 1 is 1.50 bits per heavy atom. The molecule has 0 aliphatic heterocycles. The number of carbonyl (C=O) groups excluding carboxylic acids is 1. The van der Waals surface area contributed by atoms with Gasteiger partial charge < -0.3 is 21.0 Å². The molecule has 0 aliphatic rings. The third-order valence-corrected chi connectivity index (χ3v) is 2.73. The zero-order valence-electron chi connectivity index (χ0n) is 11.6. The molecule has 0 bridgehead atoms. The van der Waals surface area contributed by atoms with E-state index in [-0.39, 0.29) is 23.7 Å². The molecule has 1 amide bonds. The van der Waals surface area contributed by atoms with Crippen LogP contribution < -0.4 is 11.1 Å². The second kappa shape index (κ2) is 8.74. The highest BCUT2D eigenvalue weighted by Gasteiger charge is 2.28. The lowest BCUT2D eigenvalue weighted by atomic mass is 9.93. The van der Waals surface area contributed by atoms with E-state index in [9.17, 15) is 4.79 Å². The molecule has 0 aromatic carbocycles. The second-order valence-corrected chi connectivity index (χ2v) is 4.70. The summed E-state index contributed by atoms with van der Waals surface area (Å²) in [6.45, 7) is 6.21. The Bertz CT molecular complexity index is 274. The van der Waals surface area contributed by atoms with E-state index in [0.717, 1.165) is 12.8 Å². The predicted molar refractivity (Wildman–Crippen MR) is 70.5 cm³/mol. The van der Waals surface area contributed by atoms with Gasteiger partial charge in [-0.1, -0.05) is 32.3 Å². The van der Waals surface area contributed by atoms with Gasteiger partial charge in [0, 0.05) is 7.11 Å². The van der Waals surface area contributed by atoms with Gasteiger partial charge in [0.25, 0.3) is 0 Å². The fraction of sp³-hybridized carbons (Fsp3) is 0.833. The molecule has 0 aromatic heterocycles. The van der Waals surface area contributed by atoms with E-state index in [2.05, 4.69) is 10.5 Å². The molecular formula is C12H25N3O3.